The molecule has 110 valence electrons. The molecule has 0 aliphatic rings. The van der Waals surface area contributed by atoms with E-state index in [1.54, 1.807) is 20.0 Å². The molecule has 0 unspecified atom stereocenters. The Morgan fingerprint density at radius 3 is 2.86 bits per heavy atom. The second kappa shape index (κ2) is 5.17. The summed E-state index contributed by atoms with van der Waals surface area (Å²) in [6, 6.07) is 9.66. The van der Waals surface area contributed by atoms with Gasteiger partial charge in [0.25, 0.3) is 0 Å². The first kappa shape index (κ1) is 14.1. The maximum absolute atomic E-state index is 9.69. The molecule has 1 aromatic carbocycles. The van der Waals surface area contributed by atoms with Crippen LogP contribution in [0.2, 0.25) is 0 Å². The van der Waals surface area contributed by atoms with Crippen LogP contribution in [0.25, 0.3) is 16.7 Å². The average Bonchev–Trinajstić information content (AvgIpc) is 2.88. The molecule has 3 aromatic rings. The maximum Gasteiger partial charge on any atom is 0.221 e. The van der Waals surface area contributed by atoms with Crippen LogP contribution in [-0.2, 0) is 0 Å². The lowest BCUT2D eigenvalue weighted by Crippen LogP contribution is -2.14. The molecule has 0 amide bonds. The zero-order valence-electron chi connectivity index (χ0n) is 12.4. The molecule has 0 aliphatic carbocycles. The van der Waals surface area contributed by atoms with E-state index in [1.165, 1.54) is 0 Å². The van der Waals surface area contributed by atoms with Crippen LogP contribution in [0.1, 0.15) is 19.4 Å². The number of nitrogen functional groups attached to an aromatic ring is 1. The van der Waals surface area contributed by atoms with Crippen molar-refractivity contribution in [3.8, 4) is 17.5 Å². The number of hydrogen-bond donors (Lipinski definition) is 2. The van der Waals surface area contributed by atoms with Gasteiger partial charge in [-0.05, 0) is 38.1 Å². The third-order valence-electron chi connectivity index (χ3n) is 3.08. The van der Waals surface area contributed by atoms with Gasteiger partial charge in [0.05, 0.1) is 0 Å². The van der Waals surface area contributed by atoms with Gasteiger partial charge in [0.15, 0.2) is 0 Å². The van der Waals surface area contributed by atoms with E-state index in [1.807, 2.05) is 41.1 Å². The number of benzene rings is 1. The van der Waals surface area contributed by atoms with Crippen molar-refractivity contribution in [1.29, 1.82) is 0 Å². The van der Waals surface area contributed by atoms with Crippen molar-refractivity contribution >= 4 is 17.0 Å². The second-order valence-corrected chi connectivity index (χ2v) is 5.55. The van der Waals surface area contributed by atoms with Crippen molar-refractivity contribution in [3.63, 3.8) is 0 Å². The Kier molecular flexibility index (Phi) is 3.32. The topological polar surface area (TPSA) is 77.0 Å². The summed E-state index contributed by atoms with van der Waals surface area (Å²) in [5.74, 6) is 6.02. The number of nitrogens with two attached hydrogens (primary N) is 1. The number of rotatable bonds is 1. The van der Waals surface area contributed by atoms with Crippen LogP contribution in [0.15, 0.2) is 42.7 Å². The Morgan fingerprint density at radius 2 is 2.09 bits per heavy atom. The fourth-order valence-electron chi connectivity index (χ4n) is 2.10. The highest BCUT2D eigenvalue weighted by atomic mass is 16.3. The van der Waals surface area contributed by atoms with Crippen LogP contribution >= 0.6 is 0 Å². The van der Waals surface area contributed by atoms with Crippen LogP contribution in [0.4, 0.5) is 5.95 Å². The van der Waals surface area contributed by atoms with Crippen LogP contribution in [0.3, 0.4) is 0 Å². The largest absolute Gasteiger partial charge is 0.378 e. The van der Waals surface area contributed by atoms with Gasteiger partial charge in [-0.1, -0.05) is 17.9 Å². The van der Waals surface area contributed by atoms with Gasteiger partial charge in [-0.15, -0.1) is 0 Å². The molecule has 0 radical (unpaired) electrons. The lowest BCUT2D eigenvalue weighted by molar-refractivity contribution is 0.143. The Labute approximate surface area is 128 Å². The molecular formula is C17H16N4O. The molecular weight excluding hydrogens is 276 g/mol. The highest BCUT2D eigenvalue weighted by Gasteiger charge is 2.07. The van der Waals surface area contributed by atoms with Crippen molar-refractivity contribution < 1.29 is 5.11 Å². The summed E-state index contributed by atoms with van der Waals surface area (Å²) in [6.45, 7) is 3.31. The highest BCUT2D eigenvalue weighted by molar-refractivity contribution is 5.78. The molecule has 0 aliphatic heterocycles. The van der Waals surface area contributed by atoms with E-state index in [0.717, 1.165) is 22.3 Å². The van der Waals surface area contributed by atoms with E-state index in [9.17, 15) is 5.11 Å². The Bertz CT molecular complexity index is 894. The van der Waals surface area contributed by atoms with Gasteiger partial charge >= 0.3 is 0 Å². The first-order valence-corrected chi connectivity index (χ1v) is 6.88. The Morgan fingerprint density at radius 1 is 1.27 bits per heavy atom. The number of aliphatic hydroxyl groups is 1. The van der Waals surface area contributed by atoms with Crippen molar-refractivity contribution in [2.24, 2.45) is 0 Å². The van der Waals surface area contributed by atoms with Gasteiger partial charge in [0.1, 0.15) is 11.2 Å². The van der Waals surface area contributed by atoms with Crippen LogP contribution < -0.4 is 5.73 Å². The lowest BCUT2D eigenvalue weighted by Gasteiger charge is -2.07. The number of fused-ring (bicyclic) bond motifs is 1. The summed E-state index contributed by atoms with van der Waals surface area (Å²) in [7, 11) is 0. The van der Waals surface area contributed by atoms with Gasteiger partial charge in [0.2, 0.25) is 5.95 Å². The van der Waals surface area contributed by atoms with Gasteiger partial charge in [-0.2, -0.15) is 4.98 Å². The summed E-state index contributed by atoms with van der Waals surface area (Å²) < 4.78 is 1.93. The summed E-state index contributed by atoms with van der Waals surface area (Å²) in [5.41, 5.74) is 7.15. The molecule has 0 bridgehead atoms. The summed E-state index contributed by atoms with van der Waals surface area (Å²) in [5, 5.41) is 10.6. The standard InChI is InChI=1S/C17H16N4O/c1-17(2,22)8-6-12-4-3-5-14(10-12)21-9-7-13-11-19-16(18)20-15(13)21/h3-5,7,9-11,22H,1-2H3,(H2,18,19,20). The first-order valence-electron chi connectivity index (χ1n) is 6.88. The molecule has 3 N–H and O–H groups in total. The fourth-order valence-corrected chi connectivity index (χ4v) is 2.10. The smallest absolute Gasteiger partial charge is 0.221 e. The molecule has 0 saturated heterocycles. The molecule has 5 heteroatoms. The van der Waals surface area contributed by atoms with E-state index in [2.05, 4.69) is 21.8 Å². The third kappa shape index (κ3) is 2.92. The third-order valence-corrected chi connectivity index (χ3v) is 3.08. The van der Waals surface area contributed by atoms with Crippen molar-refractivity contribution in [2.75, 3.05) is 5.73 Å². The minimum absolute atomic E-state index is 0.241. The first-order chi connectivity index (χ1) is 10.4. The monoisotopic (exact) mass is 292 g/mol. The normalized spacial score (nSPS) is 11.2. The Hall–Kier alpha value is -2.84. The van der Waals surface area contributed by atoms with Crippen LogP contribution in [0.5, 0.6) is 0 Å². The molecule has 5 nitrogen and oxygen atoms in total. The van der Waals surface area contributed by atoms with Crippen molar-refractivity contribution in [1.82, 2.24) is 14.5 Å². The van der Waals surface area contributed by atoms with Gasteiger partial charge < -0.3 is 15.4 Å². The van der Waals surface area contributed by atoms with E-state index >= 15 is 0 Å². The predicted octanol–water partition coefficient (Wildman–Crippen LogP) is 2.13. The maximum atomic E-state index is 9.69. The predicted molar refractivity (Wildman–Crippen MR) is 86.5 cm³/mol. The van der Waals surface area contributed by atoms with E-state index in [-0.39, 0.29) is 5.95 Å². The minimum Gasteiger partial charge on any atom is -0.378 e. The molecule has 0 spiro atoms. The molecule has 3 rings (SSSR count). The fraction of sp³-hybridized carbons (Fsp3) is 0.176. The second-order valence-electron chi connectivity index (χ2n) is 5.55. The summed E-state index contributed by atoms with van der Waals surface area (Å²) >= 11 is 0. The summed E-state index contributed by atoms with van der Waals surface area (Å²) in [4.78, 5) is 8.27. The number of hydrogen-bond acceptors (Lipinski definition) is 4. The van der Waals surface area contributed by atoms with Crippen molar-refractivity contribution in [3.05, 3.63) is 48.3 Å². The molecule has 0 fully saturated rings. The van der Waals surface area contributed by atoms with Gasteiger partial charge in [0, 0.05) is 29.0 Å². The Balaban J connectivity index is 2.07. The SMILES string of the molecule is CC(C)(O)C#Cc1cccc(-n2ccc3cnc(N)nc32)c1. The minimum atomic E-state index is -1.02. The molecule has 2 aromatic heterocycles. The van der Waals surface area contributed by atoms with Crippen LogP contribution in [0, 0.1) is 11.8 Å². The molecule has 0 saturated carbocycles. The van der Waals surface area contributed by atoms with Crippen molar-refractivity contribution in [2.45, 2.75) is 19.4 Å². The number of anilines is 1. The van der Waals surface area contributed by atoms with Crippen LogP contribution in [-0.4, -0.2) is 25.2 Å². The zero-order valence-corrected chi connectivity index (χ0v) is 12.4. The van der Waals surface area contributed by atoms with Gasteiger partial charge in [-0.25, -0.2) is 4.98 Å². The van der Waals surface area contributed by atoms with E-state index in [0.29, 0.717) is 0 Å². The molecule has 0 atom stereocenters. The number of aromatic nitrogens is 3. The lowest BCUT2D eigenvalue weighted by atomic mass is 10.1. The number of nitrogens with zero attached hydrogens (tertiary/aromatic N) is 3. The zero-order chi connectivity index (χ0) is 15.7. The molecule has 2 heterocycles. The highest BCUT2D eigenvalue weighted by Crippen LogP contribution is 2.19. The molecule has 22 heavy (non-hydrogen) atoms. The van der Waals surface area contributed by atoms with E-state index < -0.39 is 5.60 Å². The van der Waals surface area contributed by atoms with E-state index in [4.69, 9.17) is 5.73 Å². The van der Waals surface area contributed by atoms with Gasteiger partial charge in [-0.3, -0.25) is 0 Å². The summed E-state index contributed by atoms with van der Waals surface area (Å²) in [6.07, 6.45) is 3.62. The quantitative estimate of drug-likeness (QED) is 0.674. The average molecular weight is 292 g/mol.